The molecule has 1 unspecified atom stereocenters. The minimum absolute atomic E-state index is 0.0829. The fourth-order valence-corrected chi connectivity index (χ4v) is 1.77. The molecule has 2 aromatic rings. The normalized spacial score (nSPS) is 12.1. The van der Waals surface area contributed by atoms with E-state index in [1.807, 2.05) is 11.5 Å². The van der Waals surface area contributed by atoms with Gasteiger partial charge in [-0.15, -0.1) is 0 Å². The predicted octanol–water partition coefficient (Wildman–Crippen LogP) is 1.11. The van der Waals surface area contributed by atoms with Crippen molar-refractivity contribution in [3.63, 3.8) is 0 Å². The van der Waals surface area contributed by atoms with Gasteiger partial charge in [0.15, 0.2) is 0 Å². The minimum Gasteiger partial charge on any atom is -0.508 e. The molecule has 0 saturated carbocycles. The van der Waals surface area contributed by atoms with E-state index in [1.165, 1.54) is 12.1 Å². The van der Waals surface area contributed by atoms with Crippen molar-refractivity contribution < 1.29 is 15.0 Å². The molecule has 100 valence electrons. The number of carbonyl (C=O) groups excluding carboxylic acids is 1. The molecule has 1 amide bonds. The summed E-state index contributed by atoms with van der Waals surface area (Å²) in [5, 5.41) is 21.5. The summed E-state index contributed by atoms with van der Waals surface area (Å²) in [7, 11) is 0. The third-order valence-corrected chi connectivity index (χ3v) is 2.65. The third kappa shape index (κ3) is 3.25. The van der Waals surface area contributed by atoms with Gasteiger partial charge < -0.3 is 20.1 Å². The minimum atomic E-state index is -0.384. The summed E-state index contributed by atoms with van der Waals surface area (Å²) in [5.41, 5.74) is 0.135. The molecule has 0 bridgehead atoms. The van der Waals surface area contributed by atoms with Crippen molar-refractivity contribution in [1.82, 2.24) is 14.9 Å². The number of imidazole rings is 1. The molecule has 0 radical (unpaired) electrons. The van der Waals surface area contributed by atoms with Gasteiger partial charge in [0.05, 0.1) is 11.9 Å². The van der Waals surface area contributed by atoms with E-state index in [1.54, 1.807) is 18.7 Å². The molecule has 19 heavy (non-hydrogen) atoms. The molecule has 0 saturated heterocycles. The highest BCUT2D eigenvalue weighted by Gasteiger charge is 2.14. The lowest BCUT2D eigenvalue weighted by Gasteiger charge is -2.15. The first-order valence-electron chi connectivity index (χ1n) is 5.85. The molecule has 1 aromatic carbocycles. The van der Waals surface area contributed by atoms with Crippen LogP contribution in [0.15, 0.2) is 36.9 Å². The maximum Gasteiger partial charge on any atom is 0.255 e. The zero-order valence-corrected chi connectivity index (χ0v) is 10.4. The Hall–Kier alpha value is -2.50. The first-order chi connectivity index (χ1) is 9.06. The number of amides is 1. The van der Waals surface area contributed by atoms with Crippen LogP contribution in [0, 0.1) is 0 Å². The number of nitrogens with zero attached hydrogens (tertiary/aromatic N) is 2. The monoisotopic (exact) mass is 261 g/mol. The van der Waals surface area contributed by atoms with Crippen LogP contribution in [0.2, 0.25) is 0 Å². The van der Waals surface area contributed by atoms with Crippen molar-refractivity contribution in [3.8, 4) is 11.5 Å². The SMILES string of the molecule is CC(Cn1ccnc1)NC(=O)c1ccc(O)cc1O. The molecule has 6 heteroatoms. The van der Waals surface area contributed by atoms with E-state index in [0.29, 0.717) is 6.54 Å². The molecule has 0 aliphatic rings. The zero-order valence-electron chi connectivity index (χ0n) is 10.4. The molecule has 1 aromatic heterocycles. The second kappa shape index (κ2) is 5.43. The van der Waals surface area contributed by atoms with Crippen LogP contribution in [0.5, 0.6) is 11.5 Å². The lowest BCUT2D eigenvalue weighted by atomic mass is 10.1. The Bertz CT molecular complexity index is 567. The summed E-state index contributed by atoms with van der Waals surface area (Å²) in [5.74, 6) is -0.710. The summed E-state index contributed by atoms with van der Waals surface area (Å²) in [4.78, 5) is 15.9. The second-order valence-electron chi connectivity index (χ2n) is 4.34. The Morgan fingerprint density at radius 1 is 1.47 bits per heavy atom. The first kappa shape index (κ1) is 12.9. The van der Waals surface area contributed by atoms with Crippen molar-refractivity contribution in [1.29, 1.82) is 0 Å². The third-order valence-electron chi connectivity index (χ3n) is 2.65. The van der Waals surface area contributed by atoms with E-state index < -0.39 is 0 Å². The predicted molar refractivity (Wildman–Crippen MR) is 68.9 cm³/mol. The van der Waals surface area contributed by atoms with Gasteiger partial charge in [-0.05, 0) is 19.1 Å². The first-order valence-corrected chi connectivity index (χ1v) is 5.85. The molecule has 0 aliphatic heterocycles. The number of phenolic OH excluding ortho intramolecular Hbond substituents is 2. The molecule has 0 fully saturated rings. The van der Waals surface area contributed by atoms with Gasteiger partial charge in [-0.3, -0.25) is 4.79 Å². The van der Waals surface area contributed by atoms with Crippen LogP contribution < -0.4 is 5.32 Å². The Morgan fingerprint density at radius 2 is 2.26 bits per heavy atom. The van der Waals surface area contributed by atoms with Gasteiger partial charge in [0.1, 0.15) is 11.5 Å². The highest BCUT2D eigenvalue weighted by molar-refractivity contribution is 5.97. The van der Waals surface area contributed by atoms with Gasteiger partial charge in [-0.25, -0.2) is 4.98 Å². The molecule has 0 aliphatic carbocycles. The maximum absolute atomic E-state index is 11.9. The number of phenols is 2. The average molecular weight is 261 g/mol. The van der Waals surface area contributed by atoms with Crippen LogP contribution in [0.25, 0.3) is 0 Å². The van der Waals surface area contributed by atoms with Gasteiger partial charge in [0.25, 0.3) is 5.91 Å². The van der Waals surface area contributed by atoms with E-state index in [-0.39, 0.29) is 29.0 Å². The maximum atomic E-state index is 11.9. The van der Waals surface area contributed by atoms with Crippen LogP contribution in [-0.2, 0) is 6.54 Å². The van der Waals surface area contributed by atoms with E-state index >= 15 is 0 Å². The van der Waals surface area contributed by atoms with Crippen LogP contribution in [0.4, 0.5) is 0 Å². The highest BCUT2D eigenvalue weighted by atomic mass is 16.3. The molecule has 1 atom stereocenters. The Balaban J connectivity index is 2.00. The summed E-state index contributed by atoms with van der Waals surface area (Å²) < 4.78 is 1.85. The van der Waals surface area contributed by atoms with Crippen molar-refractivity contribution in [2.75, 3.05) is 0 Å². The largest absolute Gasteiger partial charge is 0.508 e. The number of carbonyl (C=O) groups is 1. The molecular formula is C13H15N3O3. The Morgan fingerprint density at radius 3 is 2.89 bits per heavy atom. The van der Waals surface area contributed by atoms with Gasteiger partial charge in [-0.2, -0.15) is 0 Å². The fourth-order valence-electron chi connectivity index (χ4n) is 1.77. The van der Waals surface area contributed by atoms with Crippen LogP contribution in [-0.4, -0.2) is 31.7 Å². The molecule has 6 nitrogen and oxygen atoms in total. The second-order valence-corrected chi connectivity index (χ2v) is 4.34. The highest BCUT2D eigenvalue weighted by Crippen LogP contribution is 2.22. The van der Waals surface area contributed by atoms with E-state index in [4.69, 9.17) is 0 Å². The van der Waals surface area contributed by atoms with Gasteiger partial charge in [-0.1, -0.05) is 0 Å². The van der Waals surface area contributed by atoms with Gasteiger partial charge in [0, 0.05) is 31.0 Å². The summed E-state index contributed by atoms with van der Waals surface area (Å²) in [6.45, 7) is 2.44. The van der Waals surface area contributed by atoms with Crippen molar-refractivity contribution in [2.45, 2.75) is 19.5 Å². The van der Waals surface area contributed by atoms with Crippen molar-refractivity contribution in [2.24, 2.45) is 0 Å². The van der Waals surface area contributed by atoms with Crippen LogP contribution in [0.3, 0.4) is 0 Å². The average Bonchev–Trinajstić information content (AvgIpc) is 2.81. The lowest BCUT2D eigenvalue weighted by Crippen LogP contribution is -2.35. The van der Waals surface area contributed by atoms with E-state index in [9.17, 15) is 15.0 Å². The smallest absolute Gasteiger partial charge is 0.255 e. The zero-order chi connectivity index (χ0) is 13.8. The van der Waals surface area contributed by atoms with Crippen LogP contribution >= 0.6 is 0 Å². The Kier molecular flexibility index (Phi) is 3.70. The van der Waals surface area contributed by atoms with Crippen molar-refractivity contribution >= 4 is 5.91 Å². The Labute approximate surface area is 110 Å². The molecule has 3 N–H and O–H groups in total. The van der Waals surface area contributed by atoms with E-state index in [2.05, 4.69) is 10.3 Å². The number of rotatable bonds is 4. The van der Waals surface area contributed by atoms with E-state index in [0.717, 1.165) is 6.07 Å². The topological polar surface area (TPSA) is 87.4 Å². The molecular weight excluding hydrogens is 246 g/mol. The number of hydrogen-bond donors (Lipinski definition) is 3. The molecule has 0 spiro atoms. The number of aromatic hydroxyl groups is 2. The molecule has 2 rings (SSSR count). The summed E-state index contributed by atoms with van der Waals surface area (Å²) in [6, 6.07) is 3.75. The fraction of sp³-hybridized carbons (Fsp3) is 0.231. The summed E-state index contributed by atoms with van der Waals surface area (Å²) in [6.07, 6.45) is 5.14. The number of benzene rings is 1. The number of hydrogen-bond acceptors (Lipinski definition) is 4. The lowest BCUT2D eigenvalue weighted by molar-refractivity contribution is 0.0934. The summed E-state index contributed by atoms with van der Waals surface area (Å²) >= 11 is 0. The van der Waals surface area contributed by atoms with Crippen LogP contribution in [0.1, 0.15) is 17.3 Å². The molecule has 1 heterocycles. The van der Waals surface area contributed by atoms with Gasteiger partial charge >= 0.3 is 0 Å². The standard InChI is InChI=1S/C13H15N3O3/c1-9(7-16-5-4-14-8-16)15-13(19)11-3-2-10(17)6-12(11)18/h2-6,8-9,17-18H,7H2,1H3,(H,15,19). The quantitative estimate of drug-likeness (QED) is 0.769. The van der Waals surface area contributed by atoms with Gasteiger partial charge in [0.2, 0.25) is 0 Å². The van der Waals surface area contributed by atoms with Crippen molar-refractivity contribution in [3.05, 3.63) is 42.5 Å². The number of nitrogens with one attached hydrogen (secondary N) is 1. The number of aromatic nitrogens is 2.